The highest BCUT2D eigenvalue weighted by Crippen LogP contribution is 2.41. The molecule has 4 aliphatic rings. The van der Waals surface area contributed by atoms with Crippen molar-refractivity contribution in [3.63, 3.8) is 0 Å². The molecule has 3 aromatic heterocycles. The smallest absolute Gasteiger partial charge is 0.409 e. The Morgan fingerprint density at radius 2 is 1.66 bits per heavy atom. The second-order valence-corrected chi connectivity index (χ2v) is 20.4. The average molecular weight is 1040 g/mol. The first-order valence-corrected chi connectivity index (χ1v) is 25.5. The van der Waals surface area contributed by atoms with Crippen molar-refractivity contribution in [3.05, 3.63) is 102 Å². The van der Waals surface area contributed by atoms with Crippen LogP contribution in [-0.4, -0.2) is 117 Å². The van der Waals surface area contributed by atoms with Crippen LogP contribution < -0.4 is 25.4 Å². The molecule has 0 radical (unpaired) electrons. The van der Waals surface area contributed by atoms with Crippen molar-refractivity contribution >= 4 is 67.8 Å². The van der Waals surface area contributed by atoms with Crippen molar-refractivity contribution in [2.45, 2.75) is 69.4 Å². The molecule has 3 fully saturated rings. The number of sulfonamides is 1. The van der Waals surface area contributed by atoms with Gasteiger partial charge in [0.1, 0.15) is 35.2 Å². The number of hydrogen-bond donors (Lipinski definition) is 3. The van der Waals surface area contributed by atoms with Crippen LogP contribution in [0, 0.1) is 11.7 Å². The van der Waals surface area contributed by atoms with E-state index in [0.29, 0.717) is 96.4 Å². The Bertz CT molecular complexity index is 3340. The predicted molar refractivity (Wildman–Crippen MR) is 263 cm³/mol. The molecule has 7 heterocycles. The molecule has 6 aromatic rings. The van der Waals surface area contributed by atoms with Crippen LogP contribution in [0.5, 0.6) is 5.75 Å². The fourth-order valence-electron chi connectivity index (χ4n) is 10.2. The molecular weight excluding hydrogens is 988 g/mol. The number of imide groups is 2. The normalized spacial score (nSPS) is 18.3. The molecular formula is C50H50F3N11O9S. The average Bonchev–Trinajstić information content (AvgIpc) is 4.09. The van der Waals surface area contributed by atoms with Gasteiger partial charge in [0.05, 0.1) is 52.3 Å². The third kappa shape index (κ3) is 9.44. The number of hydrogen-bond acceptors (Lipinski definition) is 14. The van der Waals surface area contributed by atoms with Gasteiger partial charge in [-0.05, 0) is 86.9 Å². The number of nitrogens with one attached hydrogen (secondary N) is 2. The number of rotatable bonds is 13. The Morgan fingerprint density at radius 3 is 2.38 bits per heavy atom. The zero-order valence-corrected chi connectivity index (χ0v) is 40.9. The summed E-state index contributed by atoms with van der Waals surface area (Å²) in [6, 6.07) is 13.7. The second kappa shape index (κ2) is 19.8. The number of nitrogens with two attached hydrogens (primary N) is 1. The first kappa shape index (κ1) is 49.6. The number of nitrogens with zero attached hydrogens (tertiary/aromatic N) is 8. The lowest BCUT2D eigenvalue weighted by molar-refractivity contribution is -0.136. The largest absolute Gasteiger partial charge is 0.484 e. The summed E-state index contributed by atoms with van der Waals surface area (Å²) in [5.41, 5.74) is 10.6. The maximum absolute atomic E-state index is 13.7. The van der Waals surface area contributed by atoms with E-state index in [0.717, 1.165) is 4.90 Å². The number of carbonyl (C=O) groups is 5. The van der Waals surface area contributed by atoms with Gasteiger partial charge in [-0.15, -0.1) is 0 Å². The molecule has 4 N–H and O–H groups in total. The van der Waals surface area contributed by atoms with E-state index in [-0.39, 0.29) is 59.8 Å². The minimum Gasteiger partial charge on any atom is -0.484 e. The van der Waals surface area contributed by atoms with Crippen molar-refractivity contribution in [2.75, 3.05) is 48.1 Å². The van der Waals surface area contributed by atoms with Gasteiger partial charge in [0, 0.05) is 68.7 Å². The van der Waals surface area contributed by atoms with Crippen molar-refractivity contribution in [1.82, 2.24) is 39.7 Å². The molecule has 74 heavy (non-hydrogen) atoms. The van der Waals surface area contributed by atoms with Crippen LogP contribution in [0.15, 0.2) is 79.3 Å². The van der Waals surface area contributed by atoms with Gasteiger partial charge in [0.2, 0.25) is 11.8 Å². The molecule has 24 heteroatoms. The maximum atomic E-state index is 13.7. The number of benzene rings is 3. The summed E-state index contributed by atoms with van der Waals surface area (Å²) in [5, 5.41) is 12.1. The predicted octanol–water partition coefficient (Wildman–Crippen LogP) is 6.42. The zero-order valence-electron chi connectivity index (χ0n) is 40.0. The molecule has 20 nitrogen and oxygen atoms in total. The molecule has 3 aromatic carbocycles. The second-order valence-electron chi connectivity index (χ2n) is 18.8. The molecule has 386 valence electrons. The highest BCUT2D eigenvalue weighted by Gasteiger charge is 2.46. The van der Waals surface area contributed by atoms with Gasteiger partial charge in [-0.2, -0.15) is 19.0 Å². The lowest BCUT2D eigenvalue weighted by Crippen LogP contribution is -2.54. The standard InChI is InChI=1S/C50H50F3N11O9S/c1-27(29-6-9-32(51)10-7-29)73-39-22-30(8-11-36(39)59-74(70,71)49(52)53)43-42-44(60(2)58-43)35(24-55-45(42)54)31-23-56-63(25-31)33-16-20-62(21-17-33)50(69)72-26-28-14-18-61(19-15-28)37-5-3-4-34-41(37)48(68)64(47(34)67)38-12-13-40(65)57-46(38)66/h3-11,22-25,27-28,33,38,49,59H,12-21,26H2,1-2H3,(H2,54,55)(H,57,65,66)/t27-,38?/m0/s1. The number of aromatic nitrogens is 5. The molecule has 0 saturated carbocycles. The van der Waals surface area contributed by atoms with Crippen molar-refractivity contribution in [1.29, 1.82) is 0 Å². The van der Waals surface area contributed by atoms with E-state index < -0.39 is 63.5 Å². The third-order valence-electron chi connectivity index (χ3n) is 14.1. The van der Waals surface area contributed by atoms with E-state index in [1.807, 2.05) is 20.5 Å². The fourth-order valence-corrected chi connectivity index (χ4v) is 10.7. The topological polar surface area (TPSA) is 246 Å². The van der Waals surface area contributed by atoms with Crippen LogP contribution in [0.3, 0.4) is 0 Å². The number of pyridine rings is 1. The summed E-state index contributed by atoms with van der Waals surface area (Å²) >= 11 is 0. The van der Waals surface area contributed by atoms with Gasteiger partial charge >= 0.3 is 11.9 Å². The molecule has 0 bridgehead atoms. The van der Waals surface area contributed by atoms with Gasteiger partial charge < -0.3 is 25.0 Å². The zero-order chi connectivity index (χ0) is 52.2. The van der Waals surface area contributed by atoms with Crippen molar-refractivity contribution < 1.29 is 55.0 Å². The van der Waals surface area contributed by atoms with Gasteiger partial charge in [-0.1, -0.05) is 24.3 Å². The summed E-state index contributed by atoms with van der Waals surface area (Å²) in [4.78, 5) is 73.9. The number of carbonyl (C=O) groups excluding carboxylic acids is 5. The number of alkyl halides is 2. The molecule has 0 spiro atoms. The Morgan fingerprint density at radius 1 is 0.919 bits per heavy atom. The van der Waals surface area contributed by atoms with Gasteiger partial charge in [-0.25, -0.2) is 22.6 Å². The third-order valence-corrected chi connectivity index (χ3v) is 15.1. The molecule has 5 amide bonds. The molecule has 4 aliphatic heterocycles. The molecule has 0 aliphatic carbocycles. The van der Waals surface area contributed by atoms with E-state index >= 15 is 0 Å². The summed E-state index contributed by atoms with van der Waals surface area (Å²) < 4.78 is 82.6. The van der Waals surface area contributed by atoms with Crippen LogP contribution in [0.1, 0.15) is 83.9 Å². The number of likely N-dealkylation sites (tertiary alicyclic amines) is 1. The Kier molecular flexibility index (Phi) is 13.2. The number of aryl methyl sites for hydroxylation is 1. The van der Waals surface area contributed by atoms with Crippen LogP contribution in [0.25, 0.3) is 33.3 Å². The molecule has 2 atom stereocenters. The number of anilines is 3. The number of halogens is 3. The summed E-state index contributed by atoms with van der Waals surface area (Å²) in [7, 11) is -3.37. The number of ether oxygens (including phenoxy) is 2. The van der Waals surface area contributed by atoms with E-state index in [4.69, 9.17) is 25.4 Å². The van der Waals surface area contributed by atoms with E-state index in [1.54, 1.807) is 54.1 Å². The van der Waals surface area contributed by atoms with Crippen molar-refractivity contribution in [3.8, 4) is 28.1 Å². The van der Waals surface area contributed by atoms with Crippen molar-refractivity contribution in [2.24, 2.45) is 13.0 Å². The monoisotopic (exact) mass is 1040 g/mol. The van der Waals surface area contributed by atoms with Gasteiger partial charge in [0.25, 0.3) is 21.8 Å². The quantitative estimate of drug-likeness (QED) is 0.106. The highest BCUT2D eigenvalue weighted by molar-refractivity contribution is 7.93. The van der Waals surface area contributed by atoms with E-state index in [2.05, 4.69) is 10.3 Å². The number of piperidine rings is 3. The Labute approximate surface area is 421 Å². The summed E-state index contributed by atoms with van der Waals surface area (Å²) in [6.45, 7) is 3.86. The number of amides is 5. The van der Waals surface area contributed by atoms with Crippen LogP contribution >= 0.6 is 0 Å². The molecule has 10 rings (SSSR count). The highest BCUT2D eigenvalue weighted by atomic mass is 32.2. The SMILES string of the molecule is C[C@H](Oc1cc(-c2nn(C)c3c(-c4cnn(C5CCN(C(=O)OCC6CCN(c7cccc8c7C(=O)N(C7CCC(=O)NC7=O)C8=O)CC6)CC5)c4)cnc(N)c23)ccc1NS(=O)(=O)C(F)F)c1ccc(F)cc1. The van der Waals surface area contributed by atoms with Crippen LogP contribution in [-0.2, 0) is 31.4 Å². The van der Waals surface area contributed by atoms with Crippen LogP contribution in [0.4, 0.5) is 35.2 Å². The van der Waals surface area contributed by atoms with Crippen LogP contribution in [0.2, 0.25) is 0 Å². The lowest BCUT2D eigenvalue weighted by atomic mass is 9.96. The minimum absolute atomic E-state index is 0.0337. The number of fused-ring (bicyclic) bond motifs is 2. The summed E-state index contributed by atoms with van der Waals surface area (Å²) in [5.74, 6) is -6.29. The number of nitrogen functional groups attached to an aromatic ring is 1. The van der Waals surface area contributed by atoms with Gasteiger partial charge in [0.15, 0.2) is 0 Å². The van der Waals surface area contributed by atoms with E-state index in [1.165, 1.54) is 42.5 Å². The summed E-state index contributed by atoms with van der Waals surface area (Å²) in [6.07, 6.45) is 6.72. The molecule has 1 unspecified atom stereocenters. The van der Waals surface area contributed by atoms with Gasteiger partial charge in [-0.3, -0.25) is 43.5 Å². The maximum Gasteiger partial charge on any atom is 0.409 e. The minimum atomic E-state index is -5.09. The molecule has 3 saturated heterocycles. The fraction of sp³-hybridized carbons (Fsp3) is 0.360. The Balaban J connectivity index is 0.768. The lowest BCUT2D eigenvalue weighted by Gasteiger charge is -2.35. The first-order chi connectivity index (χ1) is 35.4. The Hall–Kier alpha value is -8.02. The first-order valence-electron chi connectivity index (χ1n) is 24.0. The van der Waals surface area contributed by atoms with E-state index in [9.17, 15) is 45.6 Å².